The zero-order chi connectivity index (χ0) is 22.2. The summed E-state index contributed by atoms with van der Waals surface area (Å²) < 4.78 is 39.0. The van der Waals surface area contributed by atoms with E-state index in [2.05, 4.69) is 15.6 Å². The number of carbonyl (C=O) groups excluding carboxylic acids is 2. The Morgan fingerprint density at radius 2 is 1.87 bits per heavy atom. The molecule has 0 bridgehead atoms. The second kappa shape index (κ2) is 8.16. The Kier molecular flexibility index (Phi) is 5.55. The normalized spacial score (nSPS) is 13.7. The van der Waals surface area contributed by atoms with E-state index in [0.29, 0.717) is 34.4 Å². The molecular weight excluding hydrogens is 451 g/mol. The molecule has 158 valence electrons. The molecule has 0 spiro atoms. The van der Waals surface area contributed by atoms with Crippen molar-refractivity contribution in [2.75, 3.05) is 10.6 Å². The molecule has 4 rings (SSSR count). The van der Waals surface area contributed by atoms with Crippen molar-refractivity contribution in [2.45, 2.75) is 12.6 Å². The van der Waals surface area contributed by atoms with Gasteiger partial charge in [-0.15, -0.1) is 11.3 Å². The van der Waals surface area contributed by atoms with Crippen LogP contribution < -0.4 is 10.6 Å². The third-order valence-corrected chi connectivity index (χ3v) is 5.57. The Morgan fingerprint density at radius 1 is 1.13 bits per heavy atom. The summed E-state index contributed by atoms with van der Waals surface area (Å²) in [5, 5.41) is 8.50. The fourth-order valence-corrected chi connectivity index (χ4v) is 3.92. The van der Waals surface area contributed by atoms with Gasteiger partial charge in [-0.1, -0.05) is 23.7 Å². The number of nitrogens with one attached hydrogen (secondary N) is 2. The lowest BCUT2D eigenvalue weighted by Crippen LogP contribution is -2.15. The van der Waals surface area contributed by atoms with Crippen LogP contribution in [0.25, 0.3) is 0 Å². The lowest BCUT2D eigenvalue weighted by Gasteiger charge is -2.11. The van der Waals surface area contributed by atoms with Gasteiger partial charge in [-0.25, -0.2) is 4.99 Å². The monoisotopic (exact) mass is 463 g/mol. The number of thiophene rings is 1. The first-order chi connectivity index (χ1) is 14.7. The fourth-order valence-electron chi connectivity index (χ4n) is 3.00. The van der Waals surface area contributed by atoms with Gasteiger partial charge < -0.3 is 10.6 Å². The molecule has 1 aliphatic heterocycles. The van der Waals surface area contributed by atoms with E-state index in [0.717, 1.165) is 6.07 Å². The smallest absolute Gasteiger partial charge is 0.323 e. The van der Waals surface area contributed by atoms with E-state index in [1.54, 1.807) is 29.6 Å². The largest absolute Gasteiger partial charge is 0.417 e. The number of nitrogens with zero attached hydrogens (tertiary/aromatic N) is 1. The van der Waals surface area contributed by atoms with Gasteiger partial charge in [0.25, 0.3) is 5.91 Å². The SMILES string of the molecule is O=C1CC(c2ccc(NC(=O)c3ccc(Cl)c(C(F)(F)F)c3)cc2)=Nc2cscc2N1. The van der Waals surface area contributed by atoms with Crippen LogP contribution in [-0.2, 0) is 11.0 Å². The van der Waals surface area contributed by atoms with Gasteiger partial charge in [-0.3, -0.25) is 9.59 Å². The molecule has 5 nitrogen and oxygen atoms in total. The number of benzene rings is 2. The number of amides is 2. The van der Waals surface area contributed by atoms with Gasteiger partial charge in [0.05, 0.1) is 34.1 Å². The van der Waals surface area contributed by atoms with Crippen LogP contribution in [0.5, 0.6) is 0 Å². The number of carbonyl (C=O) groups is 2. The Bertz CT molecular complexity index is 1200. The summed E-state index contributed by atoms with van der Waals surface area (Å²) >= 11 is 7.02. The van der Waals surface area contributed by atoms with Crippen molar-refractivity contribution in [2.24, 2.45) is 4.99 Å². The molecule has 0 fully saturated rings. The maximum absolute atomic E-state index is 13.0. The summed E-state index contributed by atoms with van der Waals surface area (Å²) in [5.74, 6) is -0.888. The molecule has 3 aromatic rings. The predicted molar refractivity (Wildman–Crippen MR) is 115 cm³/mol. The number of aliphatic imine (C=N–C) groups is 1. The molecule has 0 saturated heterocycles. The van der Waals surface area contributed by atoms with Crippen molar-refractivity contribution >= 4 is 57.5 Å². The van der Waals surface area contributed by atoms with Gasteiger partial charge in [0.2, 0.25) is 5.91 Å². The van der Waals surface area contributed by atoms with Crippen LogP contribution in [-0.4, -0.2) is 17.5 Å². The Labute approximate surface area is 183 Å². The van der Waals surface area contributed by atoms with Crippen LogP contribution in [0.2, 0.25) is 5.02 Å². The minimum Gasteiger partial charge on any atom is -0.323 e. The Morgan fingerprint density at radius 3 is 2.58 bits per heavy atom. The van der Waals surface area contributed by atoms with Gasteiger partial charge in [0, 0.05) is 22.0 Å². The summed E-state index contributed by atoms with van der Waals surface area (Å²) in [6, 6.07) is 9.52. The molecular formula is C21H13ClF3N3O2S. The molecule has 1 aromatic heterocycles. The van der Waals surface area contributed by atoms with Crippen molar-refractivity contribution in [1.29, 1.82) is 0 Å². The van der Waals surface area contributed by atoms with E-state index in [4.69, 9.17) is 11.6 Å². The maximum Gasteiger partial charge on any atom is 0.417 e. The standard InChI is InChI=1S/C21H13ClF3N3O2S/c22-15-6-3-12(7-14(15)21(23,24)25)20(30)26-13-4-1-11(2-5-13)16-8-19(29)28-18-10-31-9-17(18)27-16/h1-7,9-10H,8H2,(H,26,30)(H,28,29). The first-order valence-electron chi connectivity index (χ1n) is 8.93. The third-order valence-electron chi connectivity index (χ3n) is 4.51. The maximum atomic E-state index is 13.0. The number of rotatable bonds is 3. The van der Waals surface area contributed by atoms with Crippen molar-refractivity contribution in [3.63, 3.8) is 0 Å². The van der Waals surface area contributed by atoms with E-state index in [-0.39, 0.29) is 17.9 Å². The van der Waals surface area contributed by atoms with Crippen LogP contribution in [0.15, 0.2) is 58.2 Å². The molecule has 0 aliphatic carbocycles. The molecule has 0 radical (unpaired) electrons. The zero-order valence-corrected chi connectivity index (χ0v) is 17.2. The van der Waals surface area contributed by atoms with E-state index >= 15 is 0 Å². The highest BCUT2D eigenvalue weighted by Crippen LogP contribution is 2.35. The topological polar surface area (TPSA) is 70.6 Å². The van der Waals surface area contributed by atoms with Crippen LogP contribution in [0.4, 0.5) is 30.2 Å². The molecule has 0 saturated carbocycles. The predicted octanol–water partition coefficient (Wildman–Crippen LogP) is 6.14. The quantitative estimate of drug-likeness (QED) is 0.490. The summed E-state index contributed by atoms with van der Waals surface area (Å²) in [7, 11) is 0. The first-order valence-corrected chi connectivity index (χ1v) is 10.2. The zero-order valence-electron chi connectivity index (χ0n) is 15.6. The Hall–Kier alpha value is -3.17. The summed E-state index contributed by atoms with van der Waals surface area (Å²) in [4.78, 5) is 29.0. The number of fused-ring (bicyclic) bond motifs is 1. The second-order valence-corrected chi connectivity index (χ2v) is 7.83. The van der Waals surface area contributed by atoms with E-state index < -0.39 is 22.7 Å². The van der Waals surface area contributed by atoms with Crippen LogP contribution in [0.3, 0.4) is 0 Å². The third kappa shape index (κ3) is 4.62. The molecule has 2 heterocycles. The number of halogens is 4. The molecule has 1 aliphatic rings. The summed E-state index contributed by atoms with van der Waals surface area (Å²) in [6.45, 7) is 0. The highest BCUT2D eigenvalue weighted by molar-refractivity contribution is 7.09. The van der Waals surface area contributed by atoms with Gasteiger partial charge in [-0.2, -0.15) is 13.2 Å². The van der Waals surface area contributed by atoms with Crippen molar-refractivity contribution in [3.05, 3.63) is 74.9 Å². The molecule has 31 heavy (non-hydrogen) atoms. The van der Waals surface area contributed by atoms with E-state index in [9.17, 15) is 22.8 Å². The van der Waals surface area contributed by atoms with Gasteiger partial charge >= 0.3 is 6.18 Å². The second-order valence-electron chi connectivity index (χ2n) is 6.68. The molecule has 10 heteroatoms. The van der Waals surface area contributed by atoms with Gasteiger partial charge in [0.15, 0.2) is 0 Å². The van der Waals surface area contributed by atoms with Crippen LogP contribution in [0.1, 0.15) is 27.9 Å². The minimum absolute atomic E-state index is 0.0933. The highest BCUT2D eigenvalue weighted by atomic mass is 35.5. The molecule has 0 unspecified atom stereocenters. The average molecular weight is 464 g/mol. The lowest BCUT2D eigenvalue weighted by molar-refractivity contribution is -0.137. The summed E-state index contributed by atoms with van der Waals surface area (Å²) in [6.07, 6.45) is -4.57. The molecule has 0 atom stereocenters. The molecule has 2 N–H and O–H groups in total. The van der Waals surface area contributed by atoms with Crippen LogP contribution >= 0.6 is 22.9 Å². The average Bonchev–Trinajstić information content (AvgIpc) is 3.07. The van der Waals surface area contributed by atoms with Crippen molar-refractivity contribution < 1.29 is 22.8 Å². The summed E-state index contributed by atoms with van der Waals surface area (Å²) in [5.41, 5.74) is 1.73. The molecule has 2 amide bonds. The number of hydrogen-bond acceptors (Lipinski definition) is 4. The number of hydrogen-bond donors (Lipinski definition) is 2. The lowest BCUT2D eigenvalue weighted by atomic mass is 10.1. The van der Waals surface area contributed by atoms with E-state index in [1.807, 2.05) is 5.38 Å². The fraction of sp³-hybridized carbons (Fsp3) is 0.0952. The minimum atomic E-state index is -4.66. The first kappa shape index (κ1) is 21.1. The number of alkyl halides is 3. The molecule has 2 aromatic carbocycles. The number of anilines is 2. The van der Waals surface area contributed by atoms with Crippen LogP contribution in [0, 0.1) is 0 Å². The Balaban J connectivity index is 1.53. The van der Waals surface area contributed by atoms with Gasteiger partial charge in [-0.05, 0) is 35.9 Å². The van der Waals surface area contributed by atoms with Gasteiger partial charge in [0.1, 0.15) is 0 Å². The van der Waals surface area contributed by atoms with Crippen molar-refractivity contribution in [3.8, 4) is 0 Å². The van der Waals surface area contributed by atoms with E-state index in [1.165, 1.54) is 17.4 Å². The van der Waals surface area contributed by atoms with Crippen molar-refractivity contribution in [1.82, 2.24) is 0 Å². The highest BCUT2D eigenvalue weighted by Gasteiger charge is 2.33.